The summed E-state index contributed by atoms with van der Waals surface area (Å²) in [6.07, 6.45) is -0.0710. The smallest absolute Gasteiger partial charge is 0.326 e. The molecule has 2 atom stereocenters. The largest absolute Gasteiger partial charge is 0.480 e. The zero-order chi connectivity index (χ0) is 17.9. The number of benzene rings is 1. The molecule has 0 spiro atoms. The van der Waals surface area contributed by atoms with Crippen LogP contribution in [0.2, 0.25) is 0 Å². The maximum Gasteiger partial charge on any atom is 0.326 e. The average Bonchev–Trinajstić information content (AvgIpc) is 2.57. The lowest BCUT2D eigenvalue weighted by atomic mass is 10.1. The minimum atomic E-state index is -1.19. The number of amides is 2. The van der Waals surface area contributed by atoms with Crippen LogP contribution in [0.15, 0.2) is 30.3 Å². The topological polar surface area (TPSA) is 119 Å². The molecule has 0 fully saturated rings. The van der Waals surface area contributed by atoms with E-state index in [0.717, 1.165) is 5.56 Å². The second-order valence-corrected chi connectivity index (χ2v) is 5.36. The minimum Gasteiger partial charge on any atom is -0.480 e. The van der Waals surface area contributed by atoms with Crippen molar-refractivity contribution in [3.63, 3.8) is 0 Å². The Balaban J connectivity index is 2.39. The number of nitriles is 1. The number of rotatable bonds is 9. The summed E-state index contributed by atoms with van der Waals surface area (Å²) < 4.78 is 0. The molecule has 0 aliphatic heterocycles. The monoisotopic (exact) mass is 331 g/mol. The molecule has 0 radical (unpaired) electrons. The number of hydrogen-bond donors (Lipinski definition) is 3. The predicted octanol–water partition coefficient (Wildman–Crippen LogP) is 1.52. The van der Waals surface area contributed by atoms with Gasteiger partial charge in [-0.2, -0.15) is 5.26 Å². The molecular weight excluding hydrogens is 310 g/mol. The first kappa shape index (κ1) is 19.2. The predicted molar refractivity (Wildman–Crippen MR) is 86.6 cm³/mol. The molecule has 0 unspecified atom stereocenters. The highest BCUT2D eigenvalue weighted by atomic mass is 16.4. The van der Waals surface area contributed by atoms with Gasteiger partial charge in [-0.15, -0.1) is 0 Å². The van der Waals surface area contributed by atoms with Crippen molar-refractivity contribution in [3.05, 3.63) is 35.9 Å². The molecule has 0 aliphatic rings. The molecule has 3 N–H and O–H groups in total. The number of nitrogens with one attached hydrogen (secondary N) is 2. The highest BCUT2D eigenvalue weighted by molar-refractivity contribution is 5.87. The van der Waals surface area contributed by atoms with E-state index in [1.807, 2.05) is 43.3 Å². The molecular formula is C17H21N3O4. The summed E-state index contributed by atoms with van der Waals surface area (Å²) in [5, 5.41) is 22.5. The molecule has 0 bridgehead atoms. The fourth-order valence-electron chi connectivity index (χ4n) is 2.10. The van der Waals surface area contributed by atoms with Gasteiger partial charge >= 0.3 is 5.97 Å². The van der Waals surface area contributed by atoms with Gasteiger partial charge in [0.2, 0.25) is 11.8 Å². The van der Waals surface area contributed by atoms with E-state index >= 15 is 0 Å². The van der Waals surface area contributed by atoms with Crippen LogP contribution < -0.4 is 10.6 Å². The zero-order valence-electron chi connectivity index (χ0n) is 13.5. The number of carbonyl (C=O) groups is 3. The number of carbonyl (C=O) groups excluding carboxylic acids is 2. The van der Waals surface area contributed by atoms with Crippen LogP contribution in [0.3, 0.4) is 0 Å². The molecule has 24 heavy (non-hydrogen) atoms. The quantitative estimate of drug-likeness (QED) is 0.634. The van der Waals surface area contributed by atoms with Gasteiger partial charge < -0.3 is 15.7 Å². The summed E-state index contributed by atoms with van der Waals surface area (Å²) >= 11 is 0. The zero-order valence-corrected chi connectivity index (χ0v) is 13.5. The Morgan fingerprint density at radius 1 is 1.12 bits per heavy atom. The fourth-order valence-corrected chi connectivity index (χ4v) is 2.10. The average molecular weight is 331 g/mol. The van der Waals surface area contributed by atoms with Gasteiger partial charge in [0.25, 0.3) is 0 Å². The number of carboxylic acid groups (broad SMARTS) is 1. The first-order chi connectivity index (χ1) is 11.4. The highest BCUT2D eigenvalue weighted by Gasteiger charge is 2.20. The lowest BCUT2D eigenvalue weighted by molar-refractivity contribution is -0.142. The van der Waals surface area contributed by atoms with Crippen LogP contribution in [0.4, 0.5) is 0 Å². The van der Waals surface area contributed by atoms with E-state index in [2.05, 4.69) is 10.6 Å². The molecule has 0 heterocycles. The summed E-state index contributed by atoms with van der Waals surface area (Å²) in [6, 6.07) is 9.97. The van der Waals surface area contributed by atoms with Crippen LogP contribution in [0.5, 0.6) is 0 Å². The summed E-state index contributed by atoms with van der Waals surface area (Å²) in [4.78, 5) is 34.6. The minimum absolute atomic E-state index is 0.0341. The molecule has 0 saturated carbocycles. The molecule has 0 saturated heterocycles. The maximum absolute atomic E-state index is 11.9. The van der Waals surface area contributed by atoms with Crippen molar-refractivity contribution in [3.8, 4) is 6.07 Å². The Labute approximate surface area is 140 Å². The SMILES string of the molecule is C[C@@H](NC(=O)CCC(=O)N[C@H](CCC#N)C(=O)O)c1ccccc1. The van der Waals surface area contributed by atoms with Crippen molar-refractivity contribution in [1.29, 1.82) is 5.26 Å². The molecule has 7 heteroatoms. The number of aliphatic carboxylic acids is 1. The number of nitrogens with zero attached hydrogens (tertiary/aromatic N) is 1. The van der Waals surface area contributed by atoms with Gasteiger partial charge in [-0.3, -0.25) is 9.59 Å². The summed E-state index contributed by atoms with van der Waals surface area (Å²) in [5.41, 5.74) is 0.956. The van der Waals surface area contributed by atoms with Crippen molar-refractivity contribution in [2.75, 3.05) is 0 Å². The van der Waals surface area contributed by atoms with E-state index in [4.69, 9.17) is 10.4 Å². The normalized spacial score (nSPS) is 12.5. The Bertz CT molecular complexity index is 610. The molecule has 1 aromatic carbocycles. The molecule has 128 valence electrons. The van der Waals surface area contributed by atoms with Gasteiger partial charge in [-0.1, -0.05) is 30.3 Å². The Hall–Kier alpha value is -2.88. The van der Waals surface area contributed by atoms with Gasteiger partial charge in [0.05, 0.1) is 12.1 Å². The van der Waals surface area contributed by atoms with Crippen LogP contribution in [0.1, 0.15) is 44.2 Å². The number of carboxylic acids is 1. The lowest BCUT2D eigenvalue weighted by Crippen LogP contribution is -2.41. The summed E-state index contributed by atoms with van der Waals surface area (Å²) in [6.45, 7) is 1.84. The first-order valence-electron chi connectivity index (χ1n) is 7.67. The van der Waals surface area contributed by atoms with Gasteiger partial charge in [0, 0.05) is 19.3 Å². The van der Waals surface area contributed by atoms with Crippen LogP contribution >= 0.6 is 0 Å². The van der Waals surface area contributed by atoms with E-state index < -0.39 is 17.9 Å². The van der Waals surface area contributed by atoms with Crippen molar-refractivity contribution in [2.24, 2.45) is 0 Å². The number of hydrogen-bond acceptors (Lipinski definition) is 4. The second kappa shape index (κ2) is 10.0. The fraction of sp³-hybridized carbons (Fsp3) is 0.412. The van der Waals surface area contributed by atoms with Crippen molar-refractivity contribution < 1.29 is 19.5 Å². The van der Waals surface area contributed by atoms with Gasteiger partial charge in [-0.25, -0.2) is 4.79 Å². The first-order valence-corrected chi connectivity index (χ1v) is 7.67. The highest BCUT2D eigenvalue weighted by Crippen LogP contribution is 2.11. The van der Waals surface area contributed by atoms with E-state index in [9.17, 15) is 14.4 Å². The Kier molecular flexibility index (Phi) is 7.99. The van der Waals surface area contributed by atoms with Crippen LogP contribution in [-0.2, 0) is 14.4 Å². The van der Waals surface area contributed by atoms with Crippen molar-refractivity contribution in [2.45, 2.75) is 44.7 Å². The maximum atomic E-state index is 11.9. The molecule has 1 aromatic rings. The molecule has 0 aromatic heterocycles. The Morgan fingerprint density at radius 2 is 1.71 bits per heavy atom. The van der Waals surface area contributed by atoms with Crippen molar-refractivity contribution in [1.82, 2.24) is 10.6 Å². The second-order valence-electron chi connectivity index (χ2n) is 5.36. The van der Waals surface area contributed by atoms with Crippen LogP contribution in [0, 0.1) is 11.3 Å². The van der Waals surface area contributed by atoms with E-state index in [-0.39, 0.29) is 37.6 Å². The molecule has 7 nitrogen and oxygen atoms in total. The van der Waals surface area contributed by atoms with E-state index in [0.29, 0.717) is 0 Å². The molecule has 0 aliphatic carbocycles. The standard InChI is InChI=1S/C17H21N3O4/c1-12(13-6-3-2-4-7-13)19-15(21)9-10-16(22)20-14(17(23)24)8-5-11-18/h2-4,6-7,12,14H,5,8-10H2,1H3,(H,19,21)(H,20,22)(H,23,24)/t12-,14-/m1/s1. The van der Waals surface area contributed by atoms with E-state index in [1.165, 1.54) is 0 Å². The van der Waals surface area contributed by atoms with E-state index in [1.54, 1.807) is 0 Å². The summed E-state index contributed by atoms with van der Waals surface area (Å²) in [7, 11) is 0. The van der Waals surface area contributed by atoms with Crippen LogP contribution in [-0.4, -0.2) is 28.9 Å². The Morgan fingerprint density at radius 3 is 2.25 bits per heavy atom. The van der Waals surface area contributed by atoms with Crippen molar-refractivity contribution >= 4 is 17.8 Å². The summed E-state index contributed by atoms with van der Waals surface area (Å²) in [5.74, 6) is -2.01. The van der Waals surface area contributed by atoms with Gasteiger partial charge in [0.1, 0.15) is 6.04 Å². The van der Waals surface area contributed by atoms with Gasteiger partial charge in [-0.05, 0) is 18.9 Å². The third-order valence-corrected chi connectivity index (χ3v) is 3.43. The molecule has 1 rings (SSSR count). The third-order valence-electron chi connectivity index (χ3n) is 3.43. The molecule has 2 amide bonds. The lowest BCUT2D eigenvalue weighted by Gasteiger charge is -2.15. The van der Waals surface area contributed by atoms with Crippen LogP contribution in [0.25, 0.3) is 0 Å². The van der Waals surface area contributed by atoms with Gasteiger partial charge in [0.15, 0.2) is 0 Å². The third kappa shape index (κ3) is 6.92.